The highest BCUT2D eigenvalue weighted by Gasteiger charge is 2.39. The number of halogens is 9. The summed E-state index contributed by atoms with van der Waals surface area (Å²) in [5.74, 6) is -2.43. The fraction of sp³-hybridized carbons (Fsp3) is 0.536. The number of aromatic hydroxyl groups is 1. The van der Waals surface area contributed by atoms with E-state index >= 15 is 0 Å². The Morgan fingerprint density at radius 1 is 0.932 bits per heavy atom. The number of ether oxygens (including phenoxy) is 2. The third-order valence-electron chi connectivity index (χ3n) is 7.45. The standard InChI is InChI=1S/C28H32F7N3O4.2ClH/c1-41-17-23-16-37(8-9-42-23)5-4-36-6-7-38(22(15-36)10-18-2-3-24(29)25(39)11-18)26(40)19-12-20(27(30,31)32)14-21(13-19)28(33,34)35;;/h2-3,11-14,22-23,39H,4-10,15-17H2,1H3;2*1H/t22?,23-;;/m0../s1. The lowest BCUT2D eigenvalue weighted by Crippen LogP contribution is -2.57. The van der Waals surface area contributed by atoms with E-state index in [1.807, 2.05) is 0 Å². The highest BCUT2D eigenvalue weighted by molar-refractivity contribution is 5.95. The molecule has 0 saturated carbocycles. The molecule has 2 atom stereocenters. The molecule has 4 rings (SSSR count). The van der Waals surface area contributed by atoms with Gasteiger partial charge in [0.1, 0.15) is 0 Å². The first-order valence-corrected chi connectivity index (χ1v) is 13.4. The van der Waals surface area contributed by atoms with Crippen molar-refractivity contribution in [3.63, 3.8) is 0 Å². The highest BCUT2D eigenvalue weighted by atomic mass is 35.5. The Balaban J connectivity index is 0.00000337. The zero-order valence-corrected chi connectivity index (χ0v) is 25.3. The SMILES string of the molecule is COC[C@@H]1CN(CCN2CCN(C(=O)c3cc(C(F)(F)F)cc(C(F)(F)F)c3)C(Cc3ccc(F)c(O)c3)C2)CCO1.Cl.Cl. The molecule has 7 nitrogen and oxygen atoms in total. The molecule has 44 heavy (non-hydrogen) atoms. The number of piperazine rings is 1. The van der Waals surface area contributed by atoms with E-state index in [1.54, 1.807) is 7.11 Å². The van der Waals surface area contributed by atoms with Crippen molar-refractivity contribution in [2.24, 2.45) is 0 Å². The molecule has 1 unspecified atom stereocenters. The molecule has 2 aliphatic heterocycles. The molecule has 0 bridgehead atoms. The van der Waals surface area contributed by atoms with Gasteiger partial charge in [0.15, 0.2) is 11.6 Å². The van der Waals surface area contributed by atoms with Gasteiger partial charge in [-0.05, 0) is 42.3 Å². The maximum absolute atomic E-state index is 13.7. The molecule has 1 N–H and O–H groups in total. The molecule has 0 aromatic heterocycles. The fourth-order valence-electron chi connectivity index (χ4n) is 5.32. The second kappa shape index (κ2) is 15.8. The lowest BCUT2D eigenvalue weighted by molar-refractivity contribution is -0.143. The topological polar surface area (TPSA) is 65.5 Å². The van der Waals surface area contributed by atoms with Gasteiger partial charge in [0.2, 0.25) is 0 Å². The number of phenols is 1. The number of carbonyl (C=O) groups excluding carboxylic acids is 1. The van der Waals surface area contributed by atoms with Gasteiger partial charge < -0.3 is 19.5 Å². The van der Waals surface area contributed by atoms with Crippen LogP contribution in [0.2, 0.25) is 0 Å². The fourth-order valence-corrected chi connectivity index (χ4v) is 5.32. The Morgan fingerprint density at radius 2 is 1.55 bits per heavy atom. The monoisotopic (exact) mass is 679 g/mol. The third kappa shape index (κ3) is 9.82. The van der Waals surface area contributed by atoms with Crippen LogP contribution in [-0.2, 0) is 28.2 Å². The molecule has 0 aliphatic carbocycles. The van der Waals surface area contributed by atoms with Gasteiger partial charge in [-0.15, -0.1) is 24.8 Å². The summed E-state index contributed by atoms with van der Waals surface area (Å²) >= 11 is 0. The first-order valence-electron chi connectivity index (χ1n) is 13.4. The van der Waals surface area contributed by atoms with Gasteiger partial charge in [-0.1, -0.05) is 6.07 Å². The van der Waals surface area contributed by atoms with Crippen molar-refractivity contribution in [1.82, 2.24) is 14.7 Å². The Morgan fingerprint density at radius 3 is 2.11 bits per heavy atom. The Hall–Kier alpha value is -2.36. The summed E-state index contributed by atoms with van der Waals surface area (Å²) in [5, 5.41) is 9.83. The number of hydrogen-bond donors (Lipinski definition) is 1. The van der Waals surface area contributed by atoms with Crippen LogP contribution in [0.15, 0.2) is 36.4 Å². The number of methoxy groups -OCH3 is 1. The lowest BCUT2D eigenvalue weighted by atomic mass is 9.99. The summed E-state index contributed by atoms with van der Waals surface area (Å²) in [6, 6.07) is 3.81. The first kappa shape index (κ1) is 37.8. The van der Waals surface area contributed by atoms with Crippen molar-refractivity contribution in [2.45, 2.75) is 30.9 Å². The van der Waals surface area contributed by atoms with Crippen molar-refractivity contribution in [1.29, 1.82) is 0 Å². The second-order valence-electron chi connectivity index (χ2n) is 10.5. The number of phenolic OH excluding ortho intramolecular Hbond substituents is 1. The van der Waals surface area contributed by atoms with Gasteiger partial charge in [-0.25, -0.2) is 4.39 Å². The number of morpholine rings is 1. The maximum atomic E-state index is 13.7. The number of amides is 1. The number of rotatable bonds is 8. The Labute approximate surface area is 262 Å². The van der Waals surface area contributed by atoms with E-state index in [-0.39, 0.29) is 56.5 Å². The average molecular weight is 680 g/mol. The van der Waals surface area contributed by atoms with E-state index in [0.29, 0.717) is 63.6 Å². The molecule has 0 radical (unpaired) electrons. The van der Waals surface area contributed by atoms with Crippen LogP contribution in [0.25, 0.3) is 0 Å². The number of hydrogen-bond acceptors (Lipinski definition) is 6. The number of alkyl halides is 6. The van der Waals surface area contributed by atoms with Crippen molar-refractivity contribution < 1.29 is 50.1 Å². The van der Waals surface area contributed by atoms with Gasteiger partial charge in [0.05, 0.1) is 30.4 Å². The summed E-state index contributed by atoms with van der Waals surface area (Å²) in [7, 11) is 1.59. The molecule has 2 saturated heterocycles. The first-order chi connectivity index (χ1) is 19.7. The molecule has 0 spiro atoms. The van der Waals surface area contributed by atoms with Gasteiger partial charge in [0, 0.05) is 64.5 Å². The molecule has 2 heterocycles. The van der Waals surface area contributed by atoms with Crippen LogP contribution in [-0.4, -0.2) is 104 Å². The van der Waals surface area contributed by atoms with Crippen molar-refractivity contribution in [3.8, 4) is 5.75 Å². The van der Waals surface area contributed by atoms with Crippen LogP contribution < -0.4 is 0 Å². The number of benzene rings is 2. The molecule has 2 fully saturated rings. The molecular weight excluding hydrogens is 646 g/mol. The molecule has 2 aromatic rings. The van der Waals surface area contributed by atoms with Crippen LogP contribution in [0, 0.1) is 5.82 Å². The Kier molecular flexibility index (Phi) is 13.6. The van der Waals surface area contributed by atoms with Gasteiger partial charge >= 0.3 is 12.4 Å². The van der Waals surface area contributed by atoms with Crippen molar-refractivity contribution in [3.05, 3.63) is 64.5 Å². The normalized spacial score (nSPS) is 20.1. The predicted molar refractivity (Wildman–Crippen MR) is 152 cm³/mol. The maximum Gasteiger partial charge on any atom is 0.416 e. The van der Waals surface area contributed by atoms with Crippen LogP contribution in [0.1, 0.15) is 27.0 Å². The Bertz CT molecular complexity index is 1220. The average Bonchev–Trinajstić information content (AvgIpc) is 2.93. The van der Waals surface area contributed by atoms with E-state index in [9.17, 15) is 40.6 Å². The van der Waals surface area contributed by atoms with Gasteiger partial charge in [0.25, 0.3) is 5.91 Å². The lowest BCUT2D eigenvalue weighted by Gasteiger charge is -2.43. The van der Waals surface area contributed by atoms with Crippen molar-refractivity contribution >= 4 is 30.7 Å². The van der Waals surface area contributed by atoms with Crippen molar-refractivity contribution in [2.75, 3.05) is 66.1 Å². The minimum Gasteiger partial charge on any atom is -0.505 e. The second-order valence-corrected chi connectivity index (χ2v) is 10.5. The van der Waals surface area contributed by atoms with Gasteiger partial charge in [-0.2, -0.15) is 26.3 Å². The summed E-state index contributed by atoms with van der Waals surface area (Å²) in [4.78, 5) is 19.0. The van der Waals surface area contributed by atoms with Crippen LogP contribution >= 0.6 is 24.8 Å². The number of nitrogens with zero attached hydrogens (tertiary/aromatic N) is 3. The number of carbonyl (C=O) groups is 1. The zero-order chi connectivity index (χ0) is 30.7. The van der Waals surface area contributed by atoms with E-state index in [0.717, 1.165) is 6.07 Å². The summed E-state index contributed by atoms with van der Waals surface area (Å²) in [6.45, 7) is 4.30. The molecule has 2 aliphatic rings. The zero-order valence-electron chi connectivity index (χ0n) is 23.7. The molecule has 248 valence electrons. The predicted octanol–water partition coefficient (Wildman–Crippen LogP) is 5.13. The summed E-state index contributed by atoms with van der Waals surface area (Å²) < 4.78 is 105. The largest absolute Gasteiger partial charge is 0.505 e. The smallest absolute Gasteiger partial charge is 0.416 e. The minimum atomic E-state index is -5.10. The molecular formula is C28H34Cl2F7N3O4. The summed E-state index contributed by atoms with van der Waals surface area (Å²) in [6.07, 6.45) is -10.2. The third-order valence-corrected chi connectivity index (χ3v) is 7.45. The van der Waals surface area contributed by atoms with E-state index in [4.69, 9.17) is 9.47 Å². The van der Waals surface area contributed by atoms with Crippen LogP contribution in [0.5, 0.6) is 5.75 Å². The molecule has 2 aromatic carbocycles. The van der Waals surface area contributed by atoms with E-state index < -0.39 is 52.6 Å². The minimum absolute atomic E-state index is 0. The molecule has 1 amide bonds. The highest BCUT2D eigenvalue weighted by Crippen LogP contribution is 2.37. The van der Waals surface area contributed by atoms with E-state index in [2.05, 4.69) is 9.80 Å². The molecule has 16 heteroatoms. The van der Waals surface area contributed by atoms with Gasteiger partial charge in [-0.3, -0.25) is 14.6 Å². The quantitative estimate of drug-likeness (QED) is 0.391. The van der Waals surface area contributed by atoms with Crippen LogP contribution in [0.4, 0.5) is 30.7 Å². The van der Waals surface area contributed by atoms with E-state index in [1.165, 1.54) is 17.0 Å². The van der Waals surface area contributed by atoms with Crippen LogP contribution in [0.3, 0.4) is 0 Å². The summed E-state index contributed by atoms with van der Waals surface area (Å²) in [5.41, 5.74) is -3.42.